The highest BCUT2D eigenvalue weighted by Gasteiger charge is 2.38. The lowest BCUT2D eigenvalue weighted by atomic mass is 10.00. The van der Waals surface area contributed by atoms with Crippen LogP contribution in [0.25, 0.3) is 0 Å². The van der Waals surface area contributed by atoms with Crippen molar-refractivity contribution in [2.75, 3.05) is 13.1 Å². The van der Waals surface area contributed by atoms with E-state index in [4.69, 9.17) is 18.0 Å². The molecule has 0 spiro atoms. The summed E-state index contributed by atoms with van der Waals surface area (Å²) in [7, 11) is -3.44. The van der Waals surface area contributed by atoms with Crippen LogP contribution in [0, 0.1) is 0 Å². The Morgan fingerprint density at radius 2 is 2.11 bits per heavy atom. The first-order valence-corrected chi connectivity index (χ1v) is 8.42. The first-order chi connectivity index (χ1) is 8.42. The zero-order chi connectivity index (χ0) is 13.3. The Kier molecular flexibility index (Phi) is 4.25. The molecule has 0 aromatic heterocycles. The first-order valence-electron chi connectivity index (χ1n) is 6.46. The summed E-state index contributed by atoms with van der Waals surface area (Å²) >= 11 is 4.77. The fourth-order valence-corrected chi connectivity index (χ4v) is 4.44. The maximum absolute atomic E-state index is 12.1. The molecule has 3 N–H and O–H groups in total. The second-order valence-corrected chi connectivity index (χ2v) is 7.71. The van der Waals surface area contributed by atoms with Gasteiger partial charge in [-0.05, 0) is 32.7 Å². The van der Waals surface area contributed by atoms with Gasteiger partial charge in [0, 0.05) is 18.6 Å². The van der Waals surface area contributed by atoms with Crippen molar-refractivity contribution < 1.29 is 8.42 Å². The van der Waals surface area contributed by atoms with E-state index in [1.807, 2.05) is 0 Å². The molecule has 5 nitrogen and oxygen atoms in total. The number of hydrogen-bond acceptors (Lipinski definition) is 4. The highest BCUT2D eigenvalue weighted by molar-refractivity contribution is 7.93. The third-order valence-corrected chi connectivity index (χ3v) is 6.36. The van der Waals surface area contributed by atoms with Crippen molar-refractivity contribution >= 4 is 27.2 Å². The lowest BCUT2D eigenvalue weighted by Gasteiger charge is -2.32. The van der Waals surface area contributed by atoms with Crippen molar-refractivity contribution in [2.45, 2.75) is 49.9 Å². The van der Waals surface area contributed by atoms with E-state index in [-0.39, 0.29) is 11.0 Å². The molecule has 0 aromatic carbocycles. The number of nitrogens with zero attached hydrogens (tertiary/aromatic N) is 1. The third-order valence-electron chi connectivity index (χ3n) is 4.04. The van der Waals surface area contributed by atoms with E-state index in [1.165, 1.54) is 19.8 Å². The minimum Gasteiger partial charge on any atom is -0.392 e. The Morgan fingerprint density at radius 1 is 1.39 bits per heavy atom. The number of hydrogen-bond donors (Lipinski definition) is 2. The molecule has 0 bridgehead atoms. The van der Waals surface area contributed by atoms with Crippen LogP contribution in [-0.2, 0) is 10.0 Å². The molecule has 2 rings (SSSR count). The average Bonchev–Trinajstić information content (AvgIpc) is 2.71. The molecule has 2 aliphatic rings. The van der Waals surface area contributed by atoms with Crippen LogP contribution in [0.3, 0.4) is 0 Å². The van der Waals surface area contributed by atoms with E-state index in [2.05, 4.69) is 9.62 Å². The van der Waals surface area contributed by atoms with Gasteiger partial charge in [-0.1, -0.05) is 18.6 Å². The van der Waals surface area contributed by atoms with Gasteiger partial charge in [-0.25, -0.2) is 13.1 Å². The molecule has 18 heavy (non-hydrogen) atoms. The number of fused-ring (bicyclic) bond motifs is 1. The number of nitrogens with two attached hydrogens (primary N) is 1. The van der Waals surface area contributed by atoms with Crippen LogP contribution in [0.1, 0.15) is 32.6 Å². The number of sulfonamides is 1. The third kappa shape index (κ3) is 2.84. The summed E-state index contributed by atoms with van der Waals surface area (Å²) in [4.78, 5) is 2.42. The molecule has 2 heterocycles. The maximum atomic E-state index is 12.1. The van der Waals surface area contributed by atoms with Crippen LogP contribution < -0.4 is 10.5 Å². The fourth-order valence-electron chi connectivity index (χ4n) is 2.85. The predicted octanol–water partition coefficient (Wildman–Crippen LogP) is 0.207. The van der Waals surface area contributed by atoms with Crippen LogP contribution in [0.5, 0.6) is 0 Å². The van der Waals surface area contributed by atoms with Crippen LogP contribution in [0.4, 0.5) is 0 Å². The van der Waals surface area contributed by atoms with Crippen molar-refractivity contribution in [3.63, 3.8) is 0 Å². The number of piperidine rings is 1. The van der Waals surface area contributed by atoms with Crippen LogP contribution in [0.2, 0.25) is 0 Å². The normalized spacial score (nSPS) is 30.9. The van der Waals surface area contributed by atoms with Gasteiger partial charge in [0.15, 0.2) is 0 Å². The largest absolute Gasteiger partial charge is 0.392 e. The number of thiocarbonyl (C=S) groups is 1. The molecule has 3 atom stereocenters. The van der Waals surface area contributed by atoms with Crippen molar-refractivity contribution in [1.82, 2.24) is 9.62 Å². The molecule has 104 valence electrons. The minimum absolute atomic E-state index is 0.0205. The number of nitrogens with one attached hydrogen (secondary N) is 1. The van der Waals surface area contributed by atoms with E-state index in [0.717, 1.165) is 25.9 Å². The number of rotatable bonds is 4. The Hall–Kier alpha value is -0.240. The van der Waals surface area contributed by atoms with Gasteiger partial charge >= 0.3 is 0 Å². The summed E-state index contributed by atoms with van der Waals surface area (Å²) in [5.74, 6) is 0. The summed E-state index contributed by atoms with van der Waals surface area (Å²) in [5.41, 5.74) is 5.43. The second-order valence-electron chi connectivity index (χ2n) is 5.20. The molecule has 0 radical (unpaired) electrons. The van der Waals surface area contributed by atoms with Gasteiger partial charge in [0.05, 0.1) is 4.99 Å². The molecule has 0 aliphatic carbocycles. The molecule has 7 heteroatoms. The van der Waals surface area contributed by atoms with Gasteiger partial charge in [-0.15, -0.1) is 0 Å². The maximum Gasteiger partial charge on any atom is 0.221 e. The SMILES string of the molecule is CC(C(N)=S)S(=O)(=O)NC1CCN2CCCCC12. The van der Waals surface area contributed by atoms with Gasteiger partial charge in [0.25, 0.3) is 0 Å². The fraction of sp³-hybridized carbons (Fsp3) is 0.909. The Labute approximate surface area is 114 Å². The standard InChI is InChI=1S/C11H21N3O2S2/c1-8(11(12)17)18(15,16)13-9-5-7-14-6-3-2-4-10(9)14/h8-10,13H,2-7H2,1H3,(H2,12,17). The van der Waals surface area contributed by atoms with Gasteiger partial charge in [-0.3, -0.25) is 4.90 Å². The van der Waals surface area contributed by atoms with E-state index in [1.54, 1.807) is 0 Å². The molecule has 0 saturated carbocycles. The van der Waals surface area contributed by atoms with Crippen molar-refractivity contribution in [3.8, 4) is 0 Å². The van der Waals surface area contributed by atoms with Crippen LogP contribution in [-0.4, -0.2) is 48.7 Å². The van der Waals surface area contributed by atoms with Crippen LogP contribution >= 0.6 is 12.2 Å². The molecule has 2 fully saturated rings. The molecular formula is C11H21N3O2S2. The van der Waals surface area contributed by atoms with E-state index in [9.17, 15) is 8.42 Å². The van der Waals surface area contributed by atoms with Crippen molar-refractivity contribution in [1.29, 1.82) is 0 Å². The molecule has 3 unspecified atom stereocenters. The monoisotopic (exact) mass is 291 g/mol. The summed E-state index contributed by atoms with van der Waals surface area (Å²) in [6, 6.07) is 0.374. The van der Waals surface area contributed by atoms with Gasteiger partial charge in [0.2, 0.25) is 10.0 Å². The quantitative estimate of drug-likeness (QED) is 0.724. The minimum atomic E-state index is -3.44. The summed E-state index contributed by atoms with van der Waals surface area (Å²) in [6.45, 7) is 3.62. The topological polar surface area (TPSA) is 75.4 Å². The Morgan fingerprint density at radius 3 is 2.78 bits per heavy atom. The first kappa shape index (κ1) is 14.2. The Balaban J connectivity index is 2.03. The van der Waals surface area contributed by atoms with E-state index < -0.39 is 15.3 Å². The van der Waals surface area contributed by atoms with E-state index in [0.29, 0.717) is 6.04 Å². The summed E-state index contributed by atoms with van der Waals surface area (Å²) in [5, 5.41) is -0.801. The zero-order valence-electron chi connectivity index (χ0n) is 10.6. The molecular weight excluding hydrogens is 270 g/mol. The van der Waals surface area contributed by atoms with Crippen molar-refractivity contribution in [3.05, 3.63) is 0 Å². The highest BCUT2D eigenvalue weighted by Crippen LogP contribution is 2.27. The van der Waals surface area contributed by atoms with Gasteiger partial charge in [0.1, 0.15) is 5.25 Å². The van der Waals surface area contributed by atoms with Crippen LogP contribution in [0.15, 0.2) is 0 Å². The zero-order valence-corrected chi connectivity index (χ0v) is 12.3. The van der Waals surface area contributed by atoms with E-state index >= 15 is 0 Å². The molecule has 2 saturated heterocycles. The average molecular weight is 291 g/mol. The highest BCUT2D eigenvalue weighted by atomic mass is 32.2. The van der Waals surface area contributed by atoms with Gasteiger partial charge in [-0.2, -0.15) is 0 Å². The second kappa shape index (κ2) is 5.40. The predicted molar refractivity (Wildman–Crippen MR) is 75.9 cm³/mol. The lowest BCUT2D eigenvalue weighted by Crippen LogP contribution is -2.50. The Bertz CT molecular complexity index is 424. The van der Waals surface area contributed by atoms with Gasteiger partial charge < -0.3 is 5.73 Å². The summed E-state index contributed by atoms with van der Waals surface area (Å²) in [6.07, 6.45) is 4.37. The smallest absolute Gasteiger partial charge is 0.221 e. The lowest BCUT2D eigenvalue weighted by molar-refractivity contribution is 0.186. The summed E-state index contributed by atoms with van der Waals surface area (Å²) < 4.78 is 27.0. The molecule has 0 amide bonds. The van der Waals surface area contributed by atoms with Crippen molar-refractivity contribution in [2.24, 2.45) is 5.73 Å². The molecule has 0 aromatic rings. The molecule has 2 aliphatic heterocycles.